The molecule has 18 heteroatoms. The molecule has 0 bridgehead atoms. The topological polar surface area (TPSA) is 301 Å². The summed E-state index contributed by atoms with van der Waals surface area (Å²) in [4.78, 5) is 102. The highest BCUT2D eigenvalue weighted by atomic mass is 16.4. The van der Waals surface area contributed by atoms with Gasteiger partial charge in [0.15, 0.2) is 0 Å². The van der Waals surface area contributed by atoms with Crippen LogP contribution in [0.4, 0.5) is 0 Å². The second-order valence-electron chi connectivity index (χ2n) is 14.6. The average Bonchev–Trinajstić information content (AvgIpc) is 3.09. The first-order valence-corrected chi connectivity index (χ1v) is 18.6. The lowest BCUT2D eigenvalue weighted by Gasteiger charge is -2.30. The minimum absolute atomic E-state index is 0.0142. The number of rotatable bonds is 24. The predicted molar refractivity (Wildman–Crippen MR) is 194 cm³/mol. The maximum atomic E-state index is 13.7. The number of nitrogens with two attached hydrogens (primary N) is 2. The molecule has 7 amide bonds. The number of aliphatic hydroxyl groups is 1. The third-order valence-corrected chi connectivity index (χ3v) is 9.01. The molecule has 1 aliphatic rings. The molecule has 1 aliphatic carbocycles. The van der Waals surface area contributed by atoms with Crippen molar-refractivity contribution in [3.63, 3.8) is 0 Å². The summed E-state index contributed by atoms with van der Waals surface area (Å²) in [6.45, 7) is 7.68. The van der Waals surface area contributed by atoms with Crippen molar-refractivity contribution in [3.05, 3.63) is 0 Å². The van der Waals surface area contributed by atoms with Crippen LogP contribution in [0.1, 0.15) is 105 Å². The molecule has 0 aliphatic heterocycles. The van der Waals surface area contributed by atoms with Gasteiger partial charge in [0, 0.05) is 0 Å². The molecule has 6 atom stereocenters. The van der Waals surface area contributed by atoms with Crippen molar-refractivity contribution in [2.75, 3.05) is 13.2 Å². The van der Waals surface area contributed by atoms with Crippen LogP contribution in [-0.4, -0.2) is 107 Å². The largest absolute Gasteiger partial charge is 0.481 e. The highest BCUT2D eigenvalue weighted by molar-refractivity contribution is 5.97. The number of hydrogen-bond donors (Lipinski definition) is 10. The first-order chi connectivity index (χ1) is 24.9. The van der Waals surface area contributed by atoms with Gasteiger partial charge in [0.05, 0.1) is 19.6 Å². The van der Waals surface area contributed by atoms with Crippen molar-refractivity contribution >= 4 is 47.3 Å². The summed E-state index contributed by atoms with van der Waals surface area (Å²) < 4.78 is 0. The molecule has 0 aromatic heterocycles. The van der Waals surface area contributed by atoms with Gasteiger partial charge in [-0.05, 0) is 37.0 Å². The van der Waals surface area contributed by atoms with Gasteiger partial charge < -0.3 is 53.6 Å². The van der Waals surface area contributed by atoms with Gasteiger partial charge >= 0.3 is 5.97 Å². The summed E-state index contributed by atoms with van der Waals surface area (Å²) in [7, 11) is 0. The van der Waals surface area contributed by atoms with Crippen molar-refractivity contribution in [3.8, 4) is 0 Å². The summed E-state index contributed by atoms with van der Waals surface area (Å²) in [6, 6.07) is -7.30. The fourth-order valence-corrected chi connectivity index (χ4v) is 5.99. The Balaban J connectivity index is 3.09. The summed E-state index contributed by atoms with van der Waals surface area (Å²) in [6.07, 6.45) is 5.86. The maximum Gasteiger partial charge on any atom is 0.305 e. The number of aliphatic hydroxyl groups excluding tert-OH is 1. The second kappa shape index (κ2) is 24.1. The standard InChI is InChI=1S/C35H62N8O10/c1-6-7-13-23(30(37)48)40-32(50)24(14-19(2)3)39-27(45)17-38-35(53)29(20(4)5)43-34(52)25(15-21-11-9-8-10-12-21)42-33(51)26(16-28(46)47)41-31(49)22(36)18-44/h19-26,29,44H,6-18,36H2,1-5H3,(H2,37,48)(H,38,53)(H,39,45)(H,40,50)(H,41,49)(H,42,51)(H,43,52)(H,46,47)/t22-,23-,24-,25-,26-,29-/m0/s1. The molecule has 0 aromatic rings. The number of hydrogen-bond acceptors (Lipinski definition) is 10. The molecule has 0 heterocycles. The SMILES string of the molecule is CCCC[C@H](NC(=O)[C@H](CC(C)C)NC(=O)CNC(=O)[C@@H](NC(=O)[C@H](CC1CCCCC1)NC(=O)[C@H](CC(=O)O)NC(=O)[C@@H](N)CO)C(C)C)C(N)=O. The number of amides is 7. The zero-order valence-corrected chi connectivity index (χ0v) is 31.7. The zero-order chi connectivity index (χ0) is 40.2. The zero-order valence-electron chi connectivity index (χ0n) is 31.7. The van der Waals surface area contributed by atoms with Crippen LogP contribution in [0.15, 0.2) is 0 Å². The number of carbonyl (C=O) groups excluding carboxylic acids is 7. The van der Waals surface area contributed by atoms with Gasteiger partial charge in [0.2, 0.25) is 41.4 Å². The van der Waals surface area contributed by atoms with Crippen LogP contribution in [0.25, 0.3) is 0 Å². The van der Waals surface area contributed by atoms with Gasteiger partial charge in [-0.15, -0.1) is 0 Å². The molecular weight excluding hydrogens is 692 g/mol. The highest BCUT2D eigenvalue weighted by Crippen LogP contribution is 2.27. The second-order valence-corrected chi connectivity index (χ2v) is 14.6. The van der Waals surface area contributed by atoms with E-state index in [2.05, 4.69) is 31.9 Å². The number of primary amides is 1. The highest BCUT2D eigenvalue weighted by Gasteiger charge is 2.34. The Morgan fingerprint density at radius 1 is 0.736 bits per heavy atom. The van der Waals surface area contributed by atoms with Crippen molar-refractivity contribution < 1.29 is 48.6 Å². The van der Waals surface area contributed by atoms with Crippen LogP contribution < -0.4 is 43.4 Å². The molecule has 0 unspecified atom stereocenters. The van der Waals surface area contributed by atoms with Gasteiger partial charge in [-0.25, -0.2) is 0 Å². The van der Waals surface area contributed by atoms with E-state index in [-0.39, 0.29) is 24.7 Å². The Kier molecular flexibility index (Phi) is 21.2. The van der Waals surface area contributed by atoms with Gasteiger partial charge in [0.25, 0.3) is 0 Å². The van der Waals surface area contributed by atoms with E-state index in [9.17, 15) is 48.6 Å². The van der Waals surface area contributed by atoms with Gasteiger partial charge in [-0.2, -0.15) is 0 Å². The van der Waals surface area contributed by atoms with E-state index in [0.29, 0.717) is 12.8 Å². The summed E-state index contributed by atoms with van der Waals surface area (Å²) in [5.74, 6) is -7.18. The molecule has 53 heavy (non-hydrogen) atoms. The van der Waals surface area contributed by atoms with Crippen LogP contribution in [0.3, 0.4) is 0 Å². The van der Waals surface area contributed by atoms with Crippen LogP contribution in [0.2, 0.25) is 0 Å². The molecule has 0 radical (unpaired) electrons. The molecule has 0 saturated heterocycles. The molecule has 302 valence electrons. The Bertz CT molecular complexity index is 1260. The Morgan fingerprint density at radius 3 is 1.83 bits per heavy atom. The lowest BCUT2D eigenvalue weighted by Crippen LogP contribution is -2.59. The third kappa shape index (κ3) is 17.8. The molecule has 1 saturated carbocycles. The third-order valence-electron chi connectivity index (χ3n) is 9.01. The minimum atomic E-state index is -1.61. The van der Waals surface area contributed by atoms with Crippen molar-refractivity contribution in [1.29, 1.82) is 0 Å². The monoisotopic (exact) mass is 754 g/mol. The fourth-order valence-electron chi connectivity index (χ4n) is 5.99. The van der Waals surface area contributed by atoms with E-state index in [0.717, 1.165) is 38.5 Å². The normalized spacial score (nSPS) is 16.6. The van der Waals surface area contributed by atoms with E-state index in [4.69, 9.17) is 11.5 Å². The molecular formula is C35H62N8O10. The number of carboxylic acid groups (broad SMARTS) is 1. The quantitative estimate of drug-likeness (QED) is 0.0551. The number of aliphatic carboxylic acids is 1. The maximum absolute atomic E-state index is 13.7. The number of carboxylic acids is 1. The Morgan fingerprint density at radius 2 is 1.30 bits per heavy atom. The van der Waals surface area contributed by atoms with E-state index in [1.165, 1.54) is 0 Å². The molecule has 1 fully saturated rings. The lowest BCUT2D eigenvalue weighted by atomic mass is 9.84. The predicted octanol–water partition coefficient (Wildman–Crippen LogP) is -1.33. The molecule has 1 rings (SSSR count). The number of nitrogens with one attached hydrogen (secondary N) is 6. The van der Waals surface area contributed by atoms with Gasteiger partial charge in [0.1, 0.15) is 36.3 Å². The summed E-state index contributed by atoms with van der Waals surface area (Å²) in [5, 5.41) is 33.7. The number of unbranched alkanes of at least 4 members (excludes halogenated alkanes) is 1. The first-order valence-electron chi connectivity index (χ1n) is 18.6. The van der Waals surface area contributed by atoms with Crippen LogP contribution >= 0.6 is 0 Å². The number of carbonyl (C=O) groups is 8. The Hall–Kier alpha value is -4.32. The molecule has 0 spiro atoms. The van der Waals surface area contributed by atoms with Crippen molar-refractivity contribution in [1.82, 2.24) is 31.9 Å². The van der Waals surface area contributed by atoms with Crippen molar-refractivity contribution in [2.45, 2.75) is 141 Å². The van der Waals surface area contributed by atoms with Crippen LogP contribution in [0, 0.1) is 17.8 Å². The molecule has 18 nitrogen and oxygen atoms in total. The Labute approximate surface area is 311 Å². The minimum Gasteiger partial charge on any atom is -0.481 e. The van der Waals surface area contributed by atoms with Gasteiger partial charge in [-0.1, -0.05) is 79.6 Å². The van der Waals surface area contributed by atoms with Crippen molar-refractivity contribution in [2.24, 2.45) is 29.2 Å². The molecule has 0 aromatic carbocycles. The van der Waals surface area contributed by atoms with E-state index >= 15 is 0 Å². The summed E-state index contributed by atoms with van der Waals surface area (Å²) >= 11 is 0. The van der Waals surface area contributed by atoms with E-state index in [1.54, 1.807) is 13.8 Å². The first kappa shape index (κ1) is 46.7. The lowest BCUT2D eigenvalue weighted by molar-refractivity contribution is -0.141. The van der Waals surface area contributed by atoms with E-state index in [1.807, 2.05) is 20.8 Å². The average molecular weight is 755 g/mol. The van der Waals surface area contributed by atoms with Crippen LogP contribution in [-0.2, 0) is 38.4 Å². The summed E-state index contributed by atoms with van der Waals surface area (Å²) in [5.41, 5.74) is 11.0. The smallest absolute Gasteiger partial charge is 0.305 e. The fraction of sp³-hybridized carbons (Fsp3) is 0.771. The molecule has 12 N–H and O–H groups in total. The van der Waals surface area contributed by atoms with Gasteiger partial charge in [-0.3, -0.25) is 38.4 Å². The van der Waals surface area contributed by atoms with E-state index < -0.39 is 109 Å². The van der Waals surface area contributed by atoms with Crippen LogP contribution in [0.5, 0.6) is 0 Å².